The summed E-state index contributed by atoms with van der Waals surface area (Å²) in [6, 6.07) is 3.58. The number of ether oxygens (including phenoxy) is 1. The minimum atomic E-state index is -0.0972. The second-order valence-electron chi connectivity index (χ2n) is 6.15. The minimum absolute atomic E-state index is 0.0340. The van der Waals surface area contributed by atoms with Gasteiger partial charge in [-0.3, -0.25) is 4.79 Å². The number of hydrogen-bond donors (Lipinski definition) is 1. The molecule has 112 valence electrons. The maximum absolute atomic E-state index is 12.1. The molecule has 0 unspecified atom stereocenters. The Bertz CT molecular complexity index is 421. The summed E-state index contributed by atoms with van der Waals surface area (Å²) in [7, 11) is 0. The molecule has 0 aliphatic carbocycles. The second-order valence-corrected chi connectivity index (χ2v) is 6.15. The van der Waals surface area contributed by atoms with Crippen LogP contribution in [0.1, 0.15) is 57.8 Å². The highest BCUT2D eigenvalue weighted by Crippen LogP contribution is 2.19. The van der Waals surface area contributed by atoms with E-state index < -0.39 is 0 Å². The van der Waals surface area contributed by atoms with Crippen molar-refractivity contribution in [1.82, 2.24) is 10.3 Å². The lowest BCUT2D eigenvalue weighted by Gasteiger charge is -2.28. The molecule has 0 bridgehead atoms. The van der Waals surface area contributed by atoms with Crippen molar-refractivity contribution < 1.29 is 9.53 Å². The number of rotatable bonds is 6. The zero-order chi connectivity index (χ0) is 15.2. The van der Waals surface area contributed by atoms with Gasteiger partial charge in [0.1, 0.15) is 0 Å². The lowest BCUT2D eigenvalue weighted by atomic mass is 9.88. The van der Waals surface area contributed by atoms with E-state index in [1.807, 2.05) is 6.92 Å². The van der Waals surface area contributed by atoms with Gasteiger partial charge >= 0.3 is 0 Å². The molecule has 20 heavy (non-hydrogen) atoms. The fourth-order valence-corrected chi connectivity index (χ4v) is 1.42. The van der Waals surface area contributed by atoms with Crippen molar-refractivity contribution in [3.63, 3.8) is 0 Å². The number of amides is 1. The van der Waals surface area contributed by atoms with Crippen molar-refractivity contribution in [1.29, 1.82) is 0 Å². The molecule has 1 aromatic rings. The van der Waals surface area contributed by atoms with Crippen LogP contribution in [0.3, 0.4) is 0 Å². The van der Waals surface area contributed by atoms with E-state index in [0.717, 1.165) is 12.8 Å². The molecule has 1 rings (SSSR count). The predicted molar refractivity (Wildman–Crippen MR) is 81.0 cm³/mol. The molecule has 0 spiro atoms. The zero-order valence-corrected chi connectivity index (χ0v) is 13.2. The summed E-state index contributed by atoms with van der Waals surface area (Å²) in [5.74, 6) is 0.471. The van der Waals surface area contributed by atoms with Gasteiger partial charge in [-0.15, -0.1) is 0 Å². The average Bonchev–Trinajstić information content (AvgIpc) is 2.38. The van der Waals surface area contributed by atoms with Gasteiger partial charge < -0.3 is 10.1 Å². The Labute approximate surface area is 121 Å². The van der Waals surface area contributed by atoms with Gasteiger partial charge in [-0.1, -0.05) is 34.1 Å². The van der Waals surface area contributed by atoms with Gasteiger partial charge in [0.15, 0.2) is 0 Å². The Morgan fingerprint density at radius 1 is 1.40 bits per heavy atom. The number of pyridine rings is 1. The molecule has 1 heterocycles. The average molecular weight is 278 g/mol. The predicted octanol–water partition coefficient (Wildman–Crippen LogP) is 3.42. The van der Waals surface area contributed by atoms with E-state index in [-0.39, 0.29) is 17.4 Å². The number of nitrogens with zero attached hydrogens (tertiary/aromatic N) is 1. The third-order valence-corrected chi connectivity index (χ3v) is 3.39. The van der Waals surface area contributed by atoms with Crippen LogP contribution >= 0.6 is 0 Å². The fraction of sp³-hybridized carbons (Fsp3) is 0.625. The quantitative estimate of drug-likeness (QED) is 0.811. The Morgan fingerprint density at radius 2 is 2.10 bits per heavy atom. The highest BCUT2D eigenvalue weighted by Gasteiger charge is 2.22. The van der Waals surface area contributed by atoms with Crippen LogP contribution < -0.4 is 10.1 Å². The van der Waals surface area contributed by atoms with Crippen LogP contribution in [0, 0.1) is 5.41 Å². The molecule has 1 aromatic heterocycles. The standard InChI is InChI=1S/C16H26N2O2/c1-6-7-10-20-14-9-8-13(11-17-14)15(19)18-12(2)16(3,4)5/h8-9,11-12H,6-7,10H2,1-5H3,(H,18,19)/t12-/m1/s1. The molecule has 4 nitrogen and oxygen atoms in total. The lowest BCUT2D eigenvalue weighted by Crippen LogP contribution is -2.41. The molecule has 4 heteroatoms. The van der Waals surface area contributed by atoms with Crippen LogP contribution in [0.2, 0.25) is 0 Å². The summed E-state index contributed by atoms with van der Waals surface area (Å²) in [5.41, 5.74) is 0.593. The van der Waals surface area contributed by atoms with Crippen LogP contribution in [-0.4, -0.2) is 23.5 Å². The van der Waals surface area contributed by atoms with Crippen LogP contribution in [-0.2, 0) is 0 Å². The number of carbonyl (C=O) groups excluding carboxylic acids is 1. The molecule has 0 fully saturated rings. The summed E-state index contributed by atoms with van der Waals surface area (Å²) in [6.07, 6.45) is 3.66. The van der Waals surface area contributed by atoms with Gasteiger partial charge in [-0.05, 0) is 24.8 Å². The highest BCUT2D eigenvalue weighted by atomic mass is 16.5. The molecule has 0 radical (unpaired) electrons. The number of aromatic nitrogens is 1. The van der Waals surface area contributed by atoms with Gasteiger partial charge in [-0.25, -0.2) is 4.98 Å². The van der Waals surface area contributed by atoms with Crippen LogP contribution in [0.25, 0.3) is 0 Å². The van der Waals surface area contributed by atoms with Gasteiger partial charge in [-0.2, -0.15) is 0 Å². The van der Waals surface area contributed by atoms with Crippen molar-refractivity contribution >= 4 is 5.91 Å². The smallest absolute Gasteiger partial charge is 0.253 e. The largest absolute Gasteiger partial charge is 0.478 e. The molecule has 1 atom stereocenters. The second kappa shape index (κ2) is 7.27. The Balaban J connectivity index is 2.57. The van der Waals surface area contributed by atoms with Crippen LogP contribution in [0.4, 0.5) is 0 Å². The number of carbonyl (C=O) groups is 1. The summed E-state index contributed by atoms with van der Waals surface area (Å²) in [6.45, 7) is 11.1. The first-order chi connectivity index (χ1) is 9.34. The highest BCUT2D eigenvalue weighted by molar-refractivity contribution is 5.94. The first-order valence-corrected chi connectivity index (χ1v) is 7.24. The molecular weight excluding hydrogens is 252 g/mol. The van der Waals surface area contributed by atoms with E-state index in [2.05, 4.69) is 38.0 Å². The SMILES string of the molecule is CCCCOc1ccc(C(=O)N[C@H](C)C(C)(C)C)cn1. The maximum atomic E-state index is 12.1. The van der Waals surface area contributed by atoms with Crippen molar-refractivity contribution in [2.45, 2.75) is 53.5 Å². The van der Waals surface area contributed by atoms with Crippen molar-refractivity contribution in [3.8, 4) is 5.88 Å². The van der Waals surface area contributed by atoms with Gasteiger partial charge in [0.2, 0.25) is 5.88 Å². The van der Waals surface area contributed by atoms with Crippen molar-refractivity contribution in [2.24, 2.45) is 5.41 Å². The van der Waals surface area contributed by atoms with E-state index in [9.17, 15) is 4.79 Å². The summed E-state index contributed by atoms with van der Waals surface area (Å²) >= 11 is 0. The molecule has 1 N–H and O–H groups in total. The molecule has 0 saturated heterocycles. The maximum Gasteiger partial charge on any atom is 0.253 e. The summed E-state index contributed by atoms with van der Waals surface area (Å²) in [4.78, 5) is 16.2. The van der Waals surface area contributed by atoms with Crippen molar-refractivity contribution in [3.05, 3.63) is 23.9 Å². The molecular formula is C16H26N2O2. The topological polar surface area (TPSA) is 51.2 Å². The lowest BCUT2D eigenvalue weighted by molar-refractivity contribution is 0.0909. The molecule has 0 aliphatic rings. The van der Waals surface area contributed by atoms with E-state index in [1.165, 1.54) is 0 Å². The van der Waals surface area contributed by atoms with E-state index in [1.54, 1.807) is 18.3 Å². The first-order valence-electron chi connectivity index (χ1n) is 7.24. The van der Waals surface area contributed by atoms with Gasteiger partial charge in [0.05, 0.1) is 12.2 Å². The van der Waals surface area contributed by atoms with Crippen LogP contribution in [0.5, 0.6) is 5.88 Å². The minimum Gasteiger partial charge on any atom is -0.478 e. The van der Waals surface area contributed by atoms with Crippen molar-refractivity contribution in [2.75, 3.05) is 6.61 Å². The number of unbranched alkanes of at least 4 members (excludes halogenated alkanes) is 1. The van der Waals surface area contributed by atoms with Gasteiger partial charge in [0.25, 0.3) is 5.91 Å². The Morgan fingerprint density at radius 3 is 2.60 bits per heavy atom. The Kier molecular flexibility index (Phi) is 5.99. The number of nitrogens with one attached hydrogen (secondary N) is 1. The summed E-state index contributed by atoms with van der Waals surface area (Å²) < 4.78 is 5.47. The zero-order valence-electron chi connectivity index (χ0n) is 13.2. The molecule has 0 aromatic carbocycles. The first kappa shape index (κ1) is 16.5. The molecule has 1 amide bonds. The molecule has 0 saturated carbocycles. The summed E-state index contributed by atoms with van der Waals surface area (Å²) in [5, 5.41) is 2.99. The monoisotopic (exact) mass is 278 g/mol. The van der Waals surface area contributed by atoms with Crippen LogP contribution in [0.15, 0.2) is 18.3 Å². The van der Waals surface area contributed by atoms with E-state index in [0.29, 0.717) is 18.1 Å². The fourth-order valence-electron chi connectivity index (χ4n) is 1.42. The molecule has 0 aliphatic heterocycles. The van der Waals surface area contributed by atoms with E-state index >= 15 is 0 Å². The van der Waals surface area contributed by atoms with Gasteiger partial charge in [0, 0.05) is 18.3 Å². The normalized spacial score (nSPS) is 12.8. The Hall–Kier alpha value is -1.58. The third kappa shape index (κ3) is 5.19. The third-order valence-electron chi connectivity index (χ3n) is 3.39. The van der Waals surface area contributed by atoms with E-state index in [4.69, 9.17) is 4.74 Å². The number of hydrogen-bond acceptors (Lipinski definition) is 3.